The first-order chi connectivity index (χ1) is 11.6. The van der Waals surface area contributed by atoms with Crippen LogP contribution in [0.5, 0.6) is 5.75 Å². The van der Waals surface area contributed by atoms with Gasteiger partial charge in [-0.25, -0.2) is 0 Å². The molecule has 1 N–H and O–H groups in total. The molecule has 1 fully saturated rings. The van der Waals surface area contributed by atoms with Gasteiger partial charge in [0.05, 0.1) is 11.8 Å². The molecule has 1 aliphatic heterocycles. The lowest BCUT2D eigenvalue weighted by atomic mass is 10.1. The summed E-state index contributed by atoms with van der Waals surface area (Å²) < 4.78 is 12.3. The van der Waals surface area contributed by atoms with Gasteiger partial charge < -0.3 is 14.8 Å². The number of amides is 1. The fraction of sp³-hybridized carbons (Fsp3) is 0.316. The smallest absolute Gasteiger partial charge is 0.255 e. The van der Waals surface area contributed by atoms with Crippen molar-refractivity contribution in [3.8, 4) is 5.75 Å². The second-order valence-corrected chi connectivity index (χ2v) is 6.71. The topological polar surface area (TPSA) is 47.6 Å². The van der Waals surface area contributed by atoms with Crippen molar-refractivity contribution < 1.29 is 14.3 Å². The summed E-state index contributed by atoms with van der Waals surface area (Å²) in [5.41, 5.74) is 2.35. The zero-order valence-corrected chi connectivity index (χ0v) is 15.1. The number of rotatable bonds is 5. The molecule has 5 heteroatoms. The normalized spacial score (nSPS) is 16.8. The number of nitrogens with one attached hydrogen (secondary N) is 1. The maximum absolute atomic E-state index is 12.5. The second-order valence-electron chi connectivity index (χ2n) is 5.86. The molecule has 4 nitrogen and oxygen atoms in total. The van der Waals surface area contributed by atoms with Crippen LogP contribution in [0.2, 0.25) is 0 Å². The average molecular weight is 390 g/mol. The Labute approximate surface area is 150 Å². The van der Waals surface area contributed by atoms with E-state index in [1.807, 2.05) is 49.4 Å². The third-order valence-corrected chi connectivity index (χ3v) is 4.87. The monoisotopic (exact) mass is 389 g/mol. The van der Waals surface area contributed by atoms with Crippen LogP contribution in [0.25, 0.3) is 0 Å². The first-order valence-electron chi connectivity index (χ1n) is 8.04. The molecule has 2 aromatic carbocycles. The standard InChI is InChI=1S/C19H20BrNO3/c1-13-8-9-14(11-16(13)20)19(22)21-17-6-2-3-7-18(17)24-12-15-5-4-10-23-15/h2-3,6-9,11,15H,4-5,10,12H2,1H3,(H,21,22). The van der Waals surface area contributed by atoms with E-state index in [0.717, 1.165) is 29.5 Å². The van der Waals surface area contributed by atoms with Crippen LogP contribution in [-0.4, -0.2) is 25.2 Å². The van der Waals surface area contributed by atoms with Crippen molar-refractivity contribution in [2.75, 3.05) is 18.5 Å². The van der Waals surface area contributed by atoms with Gasteiger partial charge in [-0.1, -0.05) is 34.1 Å². The molecule has 0 aromatic heterocycles. The minimum Gasteiger partial charge on any atom is -0.489 e. The predicted octanol–water partition coefficient (Wildman–Crippen LogP) is 4.57. The van der Waals surface area contributed by atoms with Gasteiger partial charge >= 0.3 is 0 Å². The maximum atomic E-state index is 12.5. The van der Waals surface area contributed by atoms with E-state index in [-0.39, 0.29) is 12.0 Å². The van der Waals surface area contributed by atoms with E-state index >= 15 is 0 Å². The Morgan fingerprint density at radius 3 is 2.92 bits per heavy atom. The fourth-order valence-electron chi connectivity index (χ4n) is 2.58. The Hall–Kier alpha value is -1.85. The van der Waals surface area contributed by atoms with Crippen molar-refractivity contribution in [3.63, 3.8) is 0 Å². The van der Waals surface area contributed by atoms with E-state index in [2.05, 4.69) is 21.2 Å². The van der Waals surface area contributed by atoms with Gasteiger partial charge in [0.2, 0.25) is 0 Å². The van der Waals surface area contributed by atoms with Gasteiger partial charge in [0.1, 0.15) is 12.4 Å². The van der Waals surface area contributed by atoms with E-state index < -0.39 is 0 Å². The molecule has 1 aliphatic rings. The number of aryl methyl sites for hydroxylation is 1. The van der Waals surface area contributed by atoms with E-state index in [1.165, 1.54) is 0 Å². The maximum Gasteiger partial charge on any atom is 0.255 e. The Morgan fingerprint density at radius 2 is 2.17 bits per heavy atom. The zero-order chi connectivity index (χ0) is 16.9. The Morgan fingerprint density at radius 1 is 1.33 bits per heavy atom. The molecule has 1 amide bonds. The highest BCUT2D eigenvalue weighted by atomic mass is 79.9. The second kappa shape index (κ2) is 7.81. The lowest BCUT2D eigenvalue weighted by Crippen LogP contribution is -2.18. The van der Waals surface area contributed by atoms with Gasteiger partial charge in [0.25, 0.3) is 5.91 Å². The molecule has 1 unspecified atom stereocenters. The quantitative estimate of drug-likeness (QED) is 0.814. The molecule has 1 atom stereocenters. The summed E-state index contributed by atoms with van der Waals surface area (Å²) in [7, 11) is 0. The average Bonchev–Trinajstić information content (AvgIpc) is 3.10. The Bertz CT molecular complexity index is 726. The number of ether oxygens (including phenoxy) is 2. The molecule has 1 heterocycles. The van der Waals surface area contributed by atoms with Crippen LogP contribution in [0.15, 0.2) is 46.9 Å². The van der Waals surface area contributed by atoms with Crippen molar-refractivity contribution in [2.24, 2.45) is 0 Å². The largest absolute Gasteiger partial charge is 0.489 e. The summed E-state index contributed by atoms with van der Waals surface area (Å²) in [6.07, 6.45) is 2.24. The lowest BCUT2D eigenvalue weighted by molar-refractivity contribution is 0.0682. The number of para-hydroxylation sites is 2. The summed E-state index contributed by atoms with van der Waals surface area (Å²) in [4.78, 5) is 12.5. The van der Waals surface area contributed by atoms with Gasteiger partial charge in [-0.05, 0) is 49.6 Å². The number of hydrogen-bond acceptors (Lipinski definition) is 3. The molecule has 2 aromatic rings. The highest BCUT2D eigenvalue weighted by Gasteiger charge is 2.17. The molecular weight excluding hydrogens is 370 g/mol. The summed E-state index contributed by atoms with van der Waals surface area (Å²) in [5, 5.41) is 2.92. The van der Waals surface area contributed by atoms with Crippen LogP contribution < -0.4 is 10.1 Å². The molecule has 0 saturated carbocycles. The van der Waals surface area contributed by atoms with Crippen LogP contribution in [0, 0.1) is 6.92 Å². The highest BCUT2D eigenvalue weighted by Crippen LogP contribution is 2.26. The van der Waals surface area contributed by atoms with Crippen LogP contribution in [0.4, 0.5) is 5.69 Å². The molecule has 0 spiro atoms. The molecule has 0 aliphatic carbocycles. The predicted molar refractivity (Wildman–Crippen MR) is 97.7 cm³/mol. The third-order valence-electron chi connectivity index (χ3n) is 4.02. The highest BCUT2D eigenvalue weighted by molar-refractivity contribution is 9.10. The third kappa shape index (κ3) is 4.16. The molecule has 3 rings (SSSR count). The molecule has 24 heavy (non-hydrogen) atoms. The van der Waals surface area contributed by atoms with Crippen LogP contribution in [0.3, 0.4) is 0 Å². The van der Waals surface area contributed by atoms with Gasteiger partial charge in [0, 0.05) is 16.6 Å². The number of anilines is 1. The van der Waals surface area contributed by atoms with E-state index in [0.29, 0.717) is 23.6 Å². The van der Waals surface area contributed by atoms with Gasteiger partial charge in [-0.2, -0.15) is 0 Å². The Balaban J connectivity index is 1.69. The number of benzene rings is 2. The number of carbonyl (C=O) groups is 1. The number of carbonyl (C=O) groups excluding carboxylic acids is 1. The molecule has 1 saturated heterocycles. The lowest BCUT2D eigenvalue weighted by Gasteiger charge is -2.15. The SMILES string of the molecule is Cc1ccc(C(=O)Nc2ccccc2OCC2CCCO2)cc1Br. The van der Waals surface area contributed by atoms with Gasteiger partial charge in [0.15, 0.2) is 0 Å². The Kier molecular flexibility index (Phi) is 5.53. The summed E-state index contributed by atoms with van der Waals surface area (Å²) in [6, 6.07) is 13.0. The summed E-state index contributed by atoms with van der Waals surface area (Å²) in [5.74, 6) is 0.497. The van der Waals surface area contributed by atoms with Crippen molar-refractivity contribution in [3.05, 3.63) is 58.1 Å². The van der Waals surface area contributed by atoms with Crippen LogP contribution in [0.1, 0.15) is 28.8 Å². The first kappa shape index (κ1) is 17.0. The first-order valence-corrected chi connectivity index (χ1v) is 8.84. The fourth-order valence-corrected chi connectivity index (χ4v) is 2.96. The molecule has 0 radical (unpaired) electrons. The minimum absolute atomic E-state index is 0.141. The minimum atomic E-state index is -0.163. The molecule has 0 bridgehead atoms. The van der Waals surface area contributed by atoms with Crippen molar-refractivity contribution in [1.82, 2.24) is 0 Å². The van der Waals surface area contributed by atoms with E-state index in [1.54, 1.807) is 0 Å². The van der Waals surface area contributed by atoms with Crippen LogP contribution in [-0.2, 0) is 4.74 Å². The van der Waals surface area contributed by atoms with Gasteiger partial charge in [-0.15, -0.1) is 0 Å². The van der Waals surface area contributed by atoms with E-state index in [4.69, 9.17) is 9.47 Å². The van der Waals surface area contributed by atoms with Crippen LogP contribution >= 0.6 is 15.9 Å². The van der Waals surface area contributed by atoms with Gasteiger partial charge in [-0.3, -0.25) is 4.79 Å². The zero-order valence-electron chi connectivity index (χ0n) is 13.5. The number of halogens is 1. The molecular formula is C19H20BrNO3. The number of hydrogen-bond donors (Lipinski definition) is 1. The summed E-state index contributed by atoms with van der Waals surface area (Å²) >= 11 is 3.46. The van der Waals surface area contributed by atoms with E-state index in [9.17, 15) is 4.79 Å². The van der Waals surface area contributed by atoms with Crippen molar-refractivity contribution >= 4 is 27.5 Å². The van der Waals surface area contributed by atoms with Crippen molar-refractivity contribution in [1.29, 1.82) is 0 Å². The van der Waals surface area contributed by atoms with Crippen molar-refractivity contribution in [2.45, 2.75) is 25.9 Å². The summed E-state index contributed by atoms with van der Waals surface area (Å²) in [6.45, 7) is 3.29. The molecule has 126 valence electrons.